The van der Waals surface area contributed by atoms with Gasteiger partial charge in [0.2, 0.25) is 0 Å². The van der Waals surface area contributed by atoms with Crippen molar-refractivity contribution < 1.29 is 9.53 Å². The zero-order valence-electron chi connectivity index (χ0n) is 20.3. The Kier molecular flexibility index (Phi) is 7.10. The van der Waals surface area contributed by atoms with E-state index in [4.69, 9.17) is 27.9 Å². The number of carbonyl (C=O) groups excluding carboxylic acids is 1. The van der Waals surface area contributed by atoms with Gasteiger partial charge in [-0.15, -0.1) is 0 Å². The van der Waals surface area contributed by atoms with E-state index < -0.39 is 6.09 Å². The van der Waals surface area contributed by atoms with Crippen LogP contribution in [0.4, 0.5) is 16.2 Å². The molecule has 5 rings (SSSR count). The van der Waals surface area contributed by atoms with Gasteiger partial charge in [0.1, 0.15) is 5.75 Å². The molecular formula is C28H28Cl2N4O2. The number of aromatic nitrogens is 1. The standard InChI is InChI=1S/C28H28Cl2N4O2/c1-19-27(33-15-13-32(2)14-16-33)22-17-20(31-28(35)36-21-7-4-3-5-8-21)11-12-26(22)34(19)18-23-24(29)9-6-10-25(23)30/h3-12,17H,13-16,18H2,1-2H3,(H,31,35). The van der Waals surface area contributed by atoms with Crippen LogP contribution in [-0.2, 0) is 6.54 Å². The number of para-hydroxylation sites is 1. The fourth-order valence-electron chi connectivity index (χ4n) is 4.76. The number of ether oxygens (including phenoxy) is 1. The lowest BCUT2D eigenvalue weighted by atomic mass is 10.1. The number of rotatable bonds is 5. The third kappa shape index (κ3) is 5.03. The fourth-order valence-corrected chi connectivity index (χ4v) is 5.27. The molecule has 0 spiro atoms. The summed E-state index contributed by atoms with van der Waals surface area (Å²) in [6, 6.07) is 20.6. The number of nitrogens with zero attached hydrogens (tertiary/aromatic N) is 3. The molecule has 1 amide bonds. The molecule has 0 unspecified atom stereocenters. The highest BCUT2D eigenvalue weighted by Gasteiger charge is 2.24. The second kappa shape index (κ2) is 10.4. The van der Waals surface area contributed by atoms with Gasteiger partial charge in [0.15, 0.2) is 0 Å². The monoisotopic (exact) mass is 522 g/mol. The highest BCUT2D eigenvalue weighted by molar-refractivity contribution is 6.36. The lowest BCUT2D eigenvalue weighted by molar-refractivity contribution is 0.215. The zero-order chi connectivity index (χ0) is 25.2. The quantitative estimate of drug-likeness (QED) is 0.318. The van der Waals surface area contributed by atoms with Crippen molar-refractivity contribution in [3.05, 3.63) is 88.0 Å². The van der Waals surface area contributed by atoms with Gasteiger partial charge in [0.25, 0.3) is 0 Å². The summed E-state index contributed by atoms with van der Waals surface area (Å²) in [5, 5.41) is 5.23. The lowest BCUT2D eigenvalue weighted by Crippen LogP contribution is -2.44. The predicted octanol–water partition coefficient (Wildman–Crippen LogP) is 6.67. The Balaban J connectivity index is 1.53. The summed E-state index contributed by atoms with van der Waals surface area (Å²) in [7, 11) is 2.15. The van der Waals surface area contributed by atoms with Crippen LogP contribution in [-0.4, -0.2) is 48.8 Å². The topological polar surface area (TPSA) is 49.7 Å². The molecule has 1 aliphatic rings. The number of halogens is 2. The first-order valence-corrected chi connectivity index (χ1v) is 12.7. The SMILES string of the molecule is Cc1c(N2CCN(C)CC2)c2cc(NC(=O)Oc3ccccc3)ccc2n1Cc1c(Cl)cccc1Cl. The predicted molar refractivity (Wildman–Crippen MR) is 148 cm³/mol. The van der Waals surface area contributed by atoms with Crippen LogP contribution in [0.3, 0.4) is 0 Å². The maximum atomic E-state index is 12.5. The summed E-state index contributed by atoms with van der Waals surface area (Å²) in [6.45, 7) is 6.52. The minimum atomic E-state index is -0.527. The van der Waals surface area contributed by atoms with E-state index in [2.05, 4.69) is 33.7 Å². The molecule has 1 N–H and O–H groups in total. The minimum Gasteiger partial charge on any atom is -0.410 e. The fraction of sp³-hybridized carbons (Fsp3) is 0.250. The number of piperazine rings is 1. The van der Waals surface area contributed by atoms with E-state index in [1.807, 2.05) is 54.6 Å². The van der Waals surface area contributed by atoms with Gasteiger partial charge in [-0.2, -0.15) is 0 Å². The largest absolute Gasteiger partial charge is 0.417 e. The average Bonchev–Trinajstić information content (AvgIpc) is 3.13. The molecule has 0 aliphatic carbocycles. The second-order valence-corrected chi connectivity index (χ2v) is 9.88. The van der Waals surface area contributed by atoms with Crippen molar-refractivity contribution in [2.24, 2.45) is 0 Å². The molecule has 6 nitrogen and oxygen atoms in total. The van der Waals surface area contributed by atoms with Crippen LogP contribution in [0.5, 0.6) is 5.75 Å². The molecule has 1 aliphatic heterocycles. The maximum Gasteiger partial charge on any atom is 0.417 e. The van der Waals surface area contributed by atoms with Crippen LogP contribution in [0, 0.1) is 6.92 Å². The molecule has 0 radical (unpaired) electrons. The van der Waals surface area contributed by atoms with Gasteiger partial charge in [0, 0.05) is 58.6 Å². The molecule has 1 fully saturated rings. The molecular weight excluding hydrogens is 495 g/mol. The van der Waals surface area contributed by atoms with Crippen LogP contribution in [0.25, 0.3) is 10.9 Å². The molecule has 2 heterocycles. The van der Waals surface area contributed by atoms with Crippen molar-refractivity contribution in [2.75, 3.05) is 43.4 Å². The highest BCUT2D eigenvalue weighted by Crippen LogP contribution is 2.38. The van der Waals surface area contributed by atoms with Crippen LogP contribution >= 0.6 is 23.2 Å². The number of likely N-dealkylation sites (N-methyl/N-ethyl adjacent to an activating group) is 1. The first-order chi connectivity index (χ1) is 17.4. The van der Waals surface area contributed by atoms with Crippen LogP contribution in [0.1, 0.15) is 11.3 Å². The van der Waals surface area contributed by atoms with Crippen molar-refractivity contribution in [2.45, 2.75) is 13.5 Å². The Hall–Kier alpha value is -3.19. The van der Waals surface area contributed by atoms with Gasteiger partial charge in [0.05, 0.1) is 17.7 Å². The van der Waals surface area contributed by atoms with Crippen molar-refractivity contribution in [3.8, 4) is 5.75 Å². The van der Waals surface area contributed by atoms with Crippen LogP contribution < -0.4 is 15.0 Å². The molecule has 0 atom stereocenters. The molecule has 1 saturated heterocycles. The molecule has 186 valence electrons. The van der Waals surface area contributed by atoms with Gasteiger partial charge < -0.3 is 19.1 Å². The maximum absolute atomic E-state index is 12.5. The summed E-state index contributed by atoms with van der Waals surface area (Å²) < 4.78 is 7.67. The van der Waals surface area contributed by atoms with E-state index in [1.165, 1.54) is 5.69 Å². The Labute approximate surface area is 221 Å². The van der Waals surface area contributed by atoms with Crippen LogP contribution in [0.15, 0.2) is 66.7 Å². The summed E-state index contributed by atoms with van der Waals surface area (Å²) >= 11 is 13.1. The first kappa shape index (κ1) is 24.5. The Morgan fingerprint density at radius 1 is 0.944 bits per heavy atom. The van der Waals surface area contributed by atoms with Crippen molar-refractivity contribution in [1.29, 1.82) is 0 Å². The van der Waals surface area contributed by atoms with Gasteiger partial charge >= 0.3 is 6.09 Å². The number of hydrogen-bond donors (Lipinski definition) is 1. The summed E-state index contributed by atoms with van der Waals surface area (Å²) in [5.74, 6) is 0.493. The third-order valence-electron chi connectivity index (χ3n) is 6.69. The summed E-state index contributed by atoms with van der Waals surface area (Å²) in [5.41, 5.74) is 4.92. The number of amides is 1. The van der Waals surface area contributed by atoms with Gasteiger partial charge in [-0.3, -0.25) is 5.32 Å². The highest BCUT2D eigenvalue weighted by atomic mass is 35.5. The Morgan fingerprint density at radius 2 is 1.64 bits per heavy atom. The van der Waals surface area contributed by atoms with Crippen molar-refractivity contribution >= 4 is 51.6 Å². The van der Waals surface area contributed by atoms with E-state index in [-0.39, 0.29) is 0 Å². The number of anilines is 2. The number of benzene rings is 3. The molecule has 8 heteroatoms. The molecule has 36 heavy (non-hydrogen) atoms. The van der Waals surface area contributed by atoms with Crippen molar-refractivity contribution in [1.82, 2.24) is 9.47 Å². The zero-order valence-corrected chi connectivity index (χ0v) is 21.8. The van der Waals surface area contributed by atoms with E-state index >= 15 is 0 Å². The van der Waals surface area contributed by atoms with Crippen molar-refractivity contribution in [3.63, 3.8) is 0 Å². The molecule has 0 saturated carbocycles. The normalized spacial score (nSPS) is 14.3. The molecule has 0 bridgehead atoms. The second-order valence-electron chi connectivity index (χ2n) is 9.07. The van der Waals surface area contributed by atoms with E-state index in [0.717, 1.165) is 48.3 Å². The number of carbonyl (C=O) groups is 1. The average molecular weight is 523 g/mol. The van der Waals surface area contributed by atoms with E-state index in [0.29, 0.717) is 28.0 Å². The Bertz CT molecular complexity index is 1380. The molecule has 1 aromatic heterocycles. The first-order valence-electron chi connectivity index (χ1n) is 11.9. The molecule has 3 aromatic carbocycles. The number of hydrogen-bond acceptors (Lipinski definition) is 4. The Morgan fingerprint density at radius 3 is 2.33 bits per heavy atom. The van der Waals surface area contributed by atoms with E-state index in [1.54, 1.807) is 12.1 Å². The lowest BCUT2D eigenvalue weighted by Gasteiger charge is -2.34. The van der Waals surface area contributed by atoms with Crippen LogP contribution in [0.2, 0.25) is 10.0 Å². The van der Waals surface area contributed by atoms with Gasteiger partial charge in [-0.25, -0.2) is 4.79 Å². The third-order valence-corrected chi connectivity index (χ3v) is 7.40. The minimum absolute atomic E-state index is 0.493. The number of nitrogens with one attached hydrogen (secondary N) is 1. The molecule has 4 aromatic rings. The van der Waals surface area contributed by atoms with Gasteiger partial charge in [-0.05, 0) is 56.4 Å². The number of fused-ring (bicyclic) bond motifs is 1. The van der Waals surface area contributed by atoms with Gasteiger partial charge in [-0.1, -0.05) is 47.5 Å². The summed E-state index contributed by atoms with van der Waals surface area (Å²) in [6.07, 6.45) is -0.527. The summed E-state index contributed by atoms with van der Waals surface area (Å²) in [4.78, 5) is 17.3. The van der Waals surface area contributed by atoms with E-state index in [9.17, 15) is 4.79 Å². The smallest absolute Gasteiger partial charge is 0.410 e.